The maximum Gasteiger partial charge on any atom is 0.239 e. The third kappa shape index (κ3) is 7.41. The molecular formula is C34H42O20. The van der Waals surface area contributed by atoms with Gasteiger partial charge in [0.1, 0.15) is 83.5 Å². The number of rotatable bonds is 9. The van der Waals surface area contributed by atoms with Crippen molar-refractivity contribution in [2.45, 2.75) is 106 Å². The van der Waals surface area contributed by atoms with E-state index in [1.807, 2.05) is 0 Å². The van der Waals surface area contributed by atoms with Crippen molar-refractivity contribution >= 4 is 11.0 Å². The molecule has 20 heteroatoms. The first kappa shape index (κ1) is 39.8. The number of phenols is 2. The Bertz CT molecular complexity index is 1850. The molecule has 4 heterocycles. The van der Waals surface area contributed by atoms with E-state index >= 15 is 0 Å². The van der Waals surface area contributed by atoms with E-state index in [0.717, 1.165) is 12.1 Å². The molecule has 15 atom stereocenters. The summed E-state index contributed by atoms with van der Waals surface area (Å²) in [7, 11) is 1.26. The van der Waals surface area contributed by atoms with Crippen LogP contribution in [-0.4, -0.2) is 162 Å². The number of aromatic hydroxyl groups is 2. The highest BCUT2D eigenvalue weighted by molar-refractivity contribution is 5.88. The standard InChI is InChI=1S/C34H42O20/c1-10-20(37)24(41)27(44)32(49-10)48-9-18-22(39)26(43)29(46)34(53-18)54-31-23(40)19-14(36)7-13(35)8-17(19)51-30(31)12-4-5-15(16(6-12)47-3)52-33-28(45)25(42)21(38)11(2)50-33/h4-8,10-11,18,20-22,24-29,32-39,41-46H,9H2,1-3H3/t10-,11-,18-,20+,21+,22+,24+,25+,26-,27-,28+,29-,32-,33+,34+/m1/s1. The Balaban J connectivity index is 1.33. The van der Waals surface area contributed by atoms with Crippen molar-refractivity contribution in [1.82, 2.24) is 0 Å². The predicted octanol–water partition coefficient (Wildman–Crippen LogP) is -2.88. The van der Waals surface area contributed by atoms with Crippen molar-refractivity contribution in [1.29, 1.82) is 0 Å². The van der Waals surface area contributed by atoms with Crippen LogP contribution in [-0.2, 0) is 18.9 Å². The van der Waals surface area contributed by atoms with Crippen LogP contribution in [0.1, 0.15) is 13.8 Å². The molecule has 0 amide bonds. The van der Waals surface area contributed by atoms with E-state index in [1.54, 1.807) is 0 Å². The summed E-state index contributed by atoms with van der Waals surface area (Å²) in [6, 6.07) is 5.87. The molecule has 3 saturated heterocycles. The summed E-state index contributed by atoms with van der Waals surface area (Å²) in [5, 5.41) is 114. The summed E-state index contributed by atoms with van der Waals surface area (Å²) in [6.07, 6.45) is -23.5. The highest BCUT2D eigenvalue weighted by Crippen LogP contribution is 2.41. The van der Waals surface area contributed by atoms with Crippen LogP contribution < -0.4 is 19.6 Å². The third-order valence-corrected chi connectivity index (χ3v) is 9.53. The zero-order chi connectivity index (χ0) is 39.3. The van der Waals surface area contributed by atoms with Gasteiger partial charge >= 0.3 is 0 Å². The zero-order valence-electron chi connectivity index (χ0n) is 28.8. The minimum atomic E-state index is -2.01. The van der Waals surface area contributed by atoms with Gasteiger partial charge in [-0.3, -0.25) is 4.79 Å². The van der Waals surface area contributed by atoms with E-state index in [1.165, 1.54) is 39.2 Å². The Labute approximate surface area is 305 Å². The lowest BCUT2D eigenvalue weighted by Gasteiger charge is -2.42. The second-order valence-electron chi connectivity index (χ2n) is 13.2. The molecule has 0 unspecified atom stereocenters. The van der Waals surface area contributed by atoms with Crippen LogP contribution in [0.5, 0.6) is 28.7 Å². The fourth-order valence-electron chi connectivity index (χ4n) is 6.32. The Morgan fingerprint density at radius 2 is 1.22 bits per heavy atom. The first-order valence-corrected chi connectivity index (χ1v) is 16.8. The maximum absolute atomic E-state index is 14.0. The van der Waals surface area contributed by atoms with Gasteiger partial charge in [0, 0.05) is 17.7 Å². The minimum absolute atomic E-state index is 0.0311. The number of hydrogen-bond acceptors (Lipinski definition) is 20. The molecule has 3 aliphatic heterocycles. The first-order valence-electron chi connectivity index (χ1n) is 16.8. The van der Waals surface area contributed by atoms with Gasteiger partial charge in [0.05, 0.1) is 25.9 Å². The summed E-state index contributed by atoms with van der Waals surface area (Å²) in [6.45, 7) is 2.25. The summed E-state index contributed by atoms with van der Waals surface area (Å²) in [4.78, 5) is 14.0. The van der Waals surface area contributed by atoms with E-state index in [9.17, 15) is 61.0 Å². The Kier molecular flexibility index (Phi) is 11.6. The molecule has 54 heavy (non-hydrogen) atoms. The SMILES string of the molecule is COc1cc(-c2oc3cc(O)cc(O)c3c(=O)c2O[C@@H]2O[C@H](CO[C@@H]3O[C@H](C)[C@H](O)[C@H](O)[C@H]3O)[C@H](O)[C@@H](O)[C@H]2O)ccc1O[C@@H]1O[C@H](C)[C@H](O)[C@H](O)[C@@H]1O. The van der Waals surface area contributed by atoms with Gasteiger partial charge < -0.3 is 93.7 Å². The number of aliphatic hydroxyl groups excluding tert-OH is 9. The van der Waals surface area contributed by atoms with Crippen molar-refractivity contribution in [3.05, 3.63) is 40.6 Å². The Morgan fingerprint density at radius 3 is 1.85 bits per heavy atom. The quantitative estimate of drug-likeness (QED) is 0.104. The largest absolute Gasteiger partial charge is 0.508 e. The second-order valence-corrected chi connectivity index (χ2v) is 13.2. The summed E-state index contributed by atoms with van der Waals surface area (Å²) >= 11 is 0. The van der Waals surface area contributed by atoms with E-state index in [-0.39, 0.29) is 28.4 Å². The molecule has 2 aromatic carbocycles. The van der Waals surface area contributed by atoms with Crippen molar-refractivity contribution < 1.29 is 93.7 Å². The van der Waals surface area contributed by atoms with Crippen molar-refractivity contribution in [3.8, 4) is 40.1 Å². The summed E-state index contributed by atoms with van der Waals surface area (Å²) in [5.41, 5.74) is -1.30. The number of phenolic OH excluding ortho intramolecular Hbond substituents is 2. The average Bonchev–Trinajstić information content (AvgIpc) is 3.14. The molecule has 6 rings (SSSR count). The smallest absolute Gasteiger partial charge is 0.239 e. The van der Waals surface area contributed by atoms with Crippen molar-refractivity contribution in [2.24, 2.45) is 0 Å². The predicted molar refractivity (Wildman–Crippen MR) is 176 cm³/mol. The Morgan fingerprint density at radius 1 is 0.648 bits per heavy atom. The summed E-state index contributed by atoms with van der Waals surface area (Å²) < 4.78 is 45.1. The molecule has 0 bridgehead atoms. The van der Waals surface area contributed by atoms with E-state index in [4.69, 9.17) is 37.6 Å². The highest BCUT2D eigenvalue weighted by Gasteiger charge is 2.48. The van der Waals surface area contributed by atoms with Gasteiger partial charge in [0.15, 0.2) is 23.5 Å². The lowest BCUT2D eigenvalue weighted by molar-refractivity contribution is -0.318. The number of benzene rings is 2. The number of ether oxygens (including phenoxy) is 7. The number of fused-ring (bicyclic) bond motifs is 1. The van der Waals surface area contributed by atoms with Gasteiger partial charge in [-0.2, -0.15) is 0 Å². The van der Waals surface area contributed by atoms with Gasteiger partial charge in [-0.1, -0.05) is 0 Å². The molecule has 0 spiro atoms. The molecule has 298 valence electrons. The van der Waals surface area contributed by atoms with Crippen LogP contribution in [0.25, 0.3) is 22.3 Å². The molecular weight excluding hydrogens is 728 g/mol. The van der Waals surface area contributed by atoms with Crippen molar-refractivity contribution in [2.75, 3.05) is 13.7 Å². The first-order chi connectivity index (χ1) is 25.5. The molecule has 3 aromatic rings. The highest BCUT2D eigenvalue weighted by atomic mass is 16.7. The monoisotopic (exact) mass is 770 g/mol. The van der Waals surface area contributed by atoms with Gasteiger partial charge in [-0.25, -0.2) is 0 Å². The Hall–Kier alpha value is -3.87. The average molecular weight is 771 g/mol. The van der Waals surface area contributed by atoms with Crippen LogP contribution in [0.15, 0.2) is 39.5 Å². The molecule has 11 N–H and O–H groups in total. The molecule has 1 aromatic heterocycles. The van der Waals surface area contributed by atoms with Gasteiger partial charge in [-0.05, 0) is 32.0 Å². The van der Waals surface area contributed by atoms with Crippen LogP contribution >= 0.6 is 0 Å². The van der Waals surface area contributed by atoms with E-state index in [2.05, 4.69) is 0 Å². The fraction of sp³-hybridized carbons (Fsp3) is 0.559. The minimum Gasteiger partial charge on any atom is -0.508 e. The van der Waals surface area contributed by atoms with Gasteiger partial charge in [0.2, 0.25) is 23.8 Å². The van der Waals surface area contributed by atoms with Crippen LogP contribution in [0.3, 0.4) is 0 Å². The molecule has 20 nitrogen and oxygen atoms in total. The number of hydrogen-bond donors (Lipinski definition) is 11. The van der Waals surface area contributed by atoms with Crippen LogP contribution in [0.4, 0.5) is 0 Å². The fourth-order valence-corrected chi connectivity index (χ4v) is 6.32. The van der Waals surface area contributed by atoms with E-state index in [0.29, 0.717) is 0 Å². The van der Waals surface area contributed by atoms with Gasteiger partial charge in [-0.15, -0.1) is 0 Å². The van der Waals surface area contributed by atoms with Crippen LogP contribution in [0, 0.1) is 0 Å². The maximum atomic E-state index is 14.0. The summed E-state index contributed by atoms with van der Waals surface area (Å²) in [5.74, 6) is -2.31. The second kappa shape index (κ2) is 15.7. The molecule has 0 radical (unpaired) electrons. The lowest BCUT2D eigenvalue weighted by Crippen LogP contribution is -2.61. The number of methoxy groups -OCH3 is 1. The van der Waals surface area contributed by atoms with Crippen LogP contribution in [0.2, 0.25) is 0 Å². The molecule has 0 saturated carbocycles. The molecule has 3 aliphatic rings. The lowest BCUT2D eigenvalue weighted by atomic mass is 9.98. The number of aliphatic hydroxyl groups is 9. The zero-order valence-corrected chi connectivity index (χ0v) is 28.8. The normalized spacial score (nSPS) is 37.2. The molecule has 0 aliphatic carbocycles. The molecule has 3 fully saturated rings. The van der Waals surface area contributed by atoms with E-state index < -0.39 is 127 Å². The van der Waals surface area contributed by atoms with Crippen molar-refractivity contribution in [3.63, 3.8) is 0 Å². The van der Waals surface area contributed by atoms with Gasteiger partial charge in [0.25, 0.3) is 0 Å². The topological polar surface area (TPSA) is 317 Å². The third-order valence-electron chi connectivity index (χ3n) is 9.53.